The number of ether oxygens (including phenoxy) is 1. The molecule has 0 saturated carbocycles. The van der Waals surface area contributed by atoms with Crippen molar-refractivity contribution in [3.05, 3.63) is 103 Å². The molecule has 3 aromatic carbocycles. The molecule has 1 fully saturated rings. The summed E-state index contributed by atoms with van der Waals surface area (Å²) in [6, 6.07) is 31.9. The summed E-state index contributed by atoms with van der Waals surface area (Å²) in [5, 5.41) is 7.06. The molecule has 0 aromatic heterocycles. The van der Waals surface area contributed by atoms with Crippen LogP contribution in [0, 0.1) is 15.7 Å². The van der Waals surface area contributed by atoms with Gasteiger partial charge in [-0.1, -0.05) is 75.4 Å². The Morgan fingerprint density at radius 3 is 1.49 bits per heavy atom. The van der Waals surface area contributed by atoms with Crippen molar-refractivity contribution in [1.29, 1.82) is 0 Å². The molecule has 1 N–H and O–H groups in total. The van der Waals surface area contributed by atoms with E-state index >= 15 is 0 Å². The minimum atomic E-state index is -4.94. The molecule has 10 heteroatoms. The van der Waals surface area contributed by atoms with Crippen LogP contribution in [0.3, 0.4) is 0 Å². The van der Waals surface area contributed by atoms with Gasteiger partial charge in [-0.3, -0.25) is 10.1 Å². The smallest absolute Gasteiger partial charge is 0.232 e. The lowest BCUT2D eigenvalue weighted by Crippen LogP contribution is -2.68. The van der Waals surface area contributed by atoms with E-state index < -0.39 is 22.9 Å². The molecule has 1 heterocycles. The molecule has 0 atom stereocenters. The normalized spacial score (nSPS) is 14.7. The maximum absolute atomic E-state index is 13.5. The number of morpholine rings is 1. The summed E-state index contributed by atoms with van der Waals surface area (Å²) >= 11 is 0. The molecule has 1 amide bonds. The fourth-order valence-electron chi connectivity index (χ4n) is 4.21. The molecule has 0 spiro atoms. The highest BCUT2D eigenvalue weighted by molar-refractivity contribution is 7.99. The SMILES string of the molecule is CC(C)(C)C(=O)NC(=CN1CCOCC1)[P+](c1ccccc1)(c1ccccc1)c1ccccc1.[O-][Cl+3]([O-])([O-])[O-]. The maximum atomic E-state index is 13.5. The second-order valence-corrected chi connectivity index (χ2v) is 14.1. The second-order valence-electron chi connectivity index (χ2n) is 9.92. The summed E-state index contributed by atoms with van der Waals surface area (Å²) in [6.45, 7) is 8.85. The van der Waals surface area contributed by atoms with E-state index in [0.717, 1.165) is 18.5 Å². The number of hydrogen-bond acceptors (Lipinski definition) is 7. The van der Waals surface area contributed by atoms with Crippen LogP contribution < -0.4 is 39.9 Å². The van der Waals surface area contributed by atoms with Gasteiger partial charge >= 0.3 is 0 Å². The van der Waals surface area contributed by atoms with E-state index in [9.17, 15) is 4.79 Å². The number of benzene rings is 3. The van der Waals surface area contributed by atoms with Gasteiger partial charge in [0.2, 0.25) is 5.91 Å². The largest absolute Gasteiger partial charge is 0.378 e. The van der Waals surface area contributed by atoms with Crippen LogP contribution >= 0.6 is 7.26 Å². The molecular formula is C29H34ClN2O6P. The summed E-state index contributed by atoms with van der Waals surface area (Å²) in [5.41, 5.74) is 0.432. The summed E-state index contributed by atoms with van der Waals surface area (Å²) in [6.07, 6.45) is 2.19. The third-order valence-corrected chi connectivity index (χ3v) is 10.2. The van der Waals surface area contributed by atoms with Crippen molar-refractivity contribution in [3.8, 4) is 0 Å². The fraction of sp³-hybridized carbons (Fsp3) is 0.276. The van der Waals surface area contributed by atoms with Crippen LogP contribution in [0.4, 0.5) is 0 Å². The van der Waals surface area contributed by atoms with Gasteiger partial charge in [-0.25, -0.2) is 18.6 Å². The highest BCUT2D eigenvalue weighted by atomic mass is 35.7. The first-order chi connectivity index (χ1) is 18.4. The van der Waals surface area contributed by atoms with E-state index in [1.165, 1.54) is 15.9 Å². The van der Waals surface area contributed by atoms with Crippen LogP contribution in [-0.2, 0) is 9.53 Å². The Bertz CT molecular complexity index is 1110. The van der Waals surface area contributed by atoms with Crippen LogP contribution in [0.25, 0.3) is 0 Å². The van der Waals surface area contributed by atoms with Crippen molar-refractivity contribution in [2.24, 2.45) is 5.41 Å². The van der Waals surface area contributed by atoms with E-state index in [1.807, 2.05) is 39.0 Å². The zero-order valence-electron chi connectivity index (χ0n) is 22.3. The average molecular weight is 573 g/mol. The van der Waals surface area contributed by atoms with Gasteiger partial charge in [-0.2, -0.15) is 0 Å². The number of amides is 1. The molecular weight excluding hydrogens is 539 g/mol. The number of nitrogens with zero attached hydrogens (tertiary/aromatic N) is 1. The highest BCUT2D eigenvalue weighted by Gasteiger charge is 2.51. The van der Waals surface area contributed by atoms with Gasteiger partial charge in [-0.05, 0) is 36.4 Å². The van der Waals surface area contributed by atoms with Crippen molar-refractivity contribution < 1.29 is 38.4 Å². The monoisotopic (exact) mass is 572 g/mol. The average Bonchev–Trinajstić information content (AvgIpc) is 2.90. The molecule has 0 unspecified atom stereocenters. The summed E-state index contributed by atoms with van der Waals surface area (Å²) in [7, 11) is -7.35. The van der Waals surface area contributed by atoms with Crippen LogP contribution in [0.1, 0.15) is 20.8 Å². The first kappa shape index (κ1) is 30.7. The summed E-state index contributed by atoms with van der Waals surface area (Å²) in [4.78, 5) is 15.8. The number of carbonyl (C=O) groups is 1. The van der Waals surface area contributed by atoms with Crippen molar-refractivity contribution in [3.63, 3.8) is 0 Å². The van der Waals surface area contributed by atoms with Crippen molar-refractivity contribution in [2.45, 2.75) is 20.8 Å². The van der Waals surface area contributed by atoms with Gasteiger partial charge < -0.3 is 9.64 Å². The third-order valence-electron chi connectivity index (χ3n) is 6.07. The predicted octanol–water partition coefficient (Wildman–Crippen LogP) is -0.482. The van der Waals surface area contributed by atoms with E-state index in [0.29, 0.717) is 13.2 Å². The van der Waals surface area contributed by atoms with Gasteiger partial charge in [0.05, 0.1) is 19.4 Å². The van der Waals surface area contributed by atoms with Crippen LogP contribution in [0.15, 0.2) is 103 Å². The molecule has 3 aromatic rings. The van der Waals surface area contributed by atoms with Gasteiger partial charge in [0.1, 0.15) is 15.9 Å². The molecule has 8 nitrogen and oxygen atoms in total. The highest BCUT2D eigenvalue weighted by Crippen LogP contribution is 2.61. The minimum absolute atomic E-state index is 0.0131. The summed E-state index contributed by atoms with van der Waals surface area (Å²) < 4.78 is 39.6. The number of hydrogen-bond donors (Lipinski definition) is 1. The Labute approximate surface area is 232 Å². The number of carbonyl (C=O) groups excluding carboxylic acids is 1. The number of rotatable bonds is 6. The van der Waals surface area contributed by atoms with Gasteiger partial charge in [0.15, 0.2) is 12.7 Å². The van der Waals surface area contributed by atoms with Crippen molar-refractivity contribution >= 4 is 29.1 Å². The van der Waals surface area contributed by atoms with Crippen molar-refractivity contribution in [1.82, 2.24) is 10.2 Å². The molecule has 4 rings (SSSR count). The van der Waals surface area contributed by atoms with Crippen LogP contribution in [0.2, 0.25) is 0 Å². The second kappa shape index (κ2) is 13.5. The molecule has 0 aliphatic carbocycles. The lowest BCUT2D eigenvalue weighted by molar-refractivity contribution is -2.00. The molecule has 208 valence electrons. The molecule has 0 bridgehead atoms. The minimum Gasteiger partial charge on any atom is -0.378 e. The van der Waals surface area contributed by atoms with Gasteiger partial charge in [0, 0.05) is 18.5 Å². The molecule has 0 radical (unpaired) electrons. The quantitative estimate of drug-likeness (QED) is 0.394. The first-order valence-corrected chi connectivity index (χ1v) is 15.5. The van der Waals surface area contributed by atoms with E-state index in [1.54, 1.807) is 0 Å². The zero-order valence-corrected chi connectivity index (χ0v) is 23.9. The van der Waals surface area contributed by atoms with Crippen LogP contribution in [0.5, 0.6) is 0 Å². The Kier molecular flexibility index (Phi) is 10.6. The molecule has 1 aliphatic heterocycles. The summed E-state index contributed by atoms with van der Waals surface area (Å²) in [5.74, 6) is 0.0131. The lowest BCUT2D eigenvalue weighted by atomic mass is 9.96. The Morgan fingerprint density at radius 2 is 1.15 bits per heavy atom. The Balaban J connectivity index is 0.000000771. The first-order valence-electron chi connectivity index (χ1n) is 12.5. The van der Waals surface area contributed by atoms with Gasteiger partial charge in [0.25, 0.3) is 0 Å². The maximum Gasteiger partial charge on any atom is 0.232 e. The van der Waals surface area contributed by atoms with E-state index in [4.69, 9.17) is 23.4 Å². The van der Waals surface area contributed by atoms with E-state index in [-0.39, 0.29) is 5.91 Å². The molecule has 1 aliphatic rings. The Hall–Kier alpha value is -2.81. The third kappa shape index (κ3) is 8.59. The van der Waals surface area contributed by atoms with E-state index in [2.05, 4.69) is 89.2 Å². The fourth-order valence-corrected chi connectivity index (χ4v) is 8.40. The molecule has 1 saturated heterocycles. The standard InChI is InChI=1S/C29H33N2O2P.ClHO4/c1-29(2,3)28(32)30-27(23-31-19-21-33-22-20-31)34(24-13-7-4-8-14-24,25-15-9-5-10-16-25)26-17-11-6-12-18-26;2-1(3,4)5/h4-18,23H,19-22H2,1-3H3;(H,2,3,4,5). The van der Waals surface area contributed by atoms with Gasteiger partial charge in [-0.15, -0.1) is 10.2 Å². The topological polar surface area (TPSA) is 134 Å². The zero-order chi connectivity index (χ0) is 28.5. The Morgan fingerprint density at radius 1 is 0.795 bits per heavy atom. The number of nitrogens with one attached hydrogen (secondary N) is 1. The molecule has 39 heavy (non-hydrogen) atoms. The van der Waals surface area contributed by atoms with Crippen LogP contribution in [-0.4, -0.2) is 37.1 Å². The lowest BCUT2D eigenvalue weighted by Gasteiger charge is -2.33. The van der Waals surface area contributed by atoms with Crippen molar-refractivity contribution in [2.75, 3.05) is 26.3 Å². The predicted molar refractivity (Wildman–Crippen MR) is 143 cm³/mol. The number of halogens is 1.